The number of benzene rings is 4. The predicted molar refractivity (Wildman–Crippen MR) is 195 cm³/mol. The van der Waals surface area contributed by atoms with E-state index in [4.69, 9.17) is 5.48 Å². The number of halogens is 1. The van der Waals surface area contributed by atoms with Gasteiger partial charge in [0.2, 0.25) is 0 Å². The first-order valence-corrected chi connectivity index (χ1v) is 23.5. The summed E-state index contributed by atoms with van der Waals surface area (Å²) in [6.45, 7) is 0. The SMILES string of the molecule is [2H]C1([2H])CCC([2H])([2H])c2c1ccnc2-c1[c-]ccc2c1sc1cc(-c3ccccc3)ccc12.[CH3][Ge]([CH3])([CH3])[c]1ccc(-c2[c-]ccc(F)c2)nc1.[Ir]. The Morgan fingerprint density at radius 2 is 1.62 bits per heavy atom. The molecule has 0 amide bonds. The molecule has 237 valence electrons. The Morgan fingerprint density at radius 3 is 2.38 bits per heavy atom. The number of aromatic nitrogens is 2. The molecule has 47 heavy (non-hydrogen) atoms. The van der Waals surface area contributed by atoms with E-state index in [1.807, 2.05) is 42.6 Å². The largest absolute Gasteiger partial charge is 0 e. The maximum absolute atomic E-state index is 13.1. The van der Waals surface area contributed by atoms with Gasteiger partial charge in [0.15, 0.2) is 0 Å². The summed E-state index contributed by atoms with van der Waals surface area (Å²) in [6.07, 6.45) is 0.605. The molecule has 0 N–H and O–H groups in total. The normalized spacial score (nSPS) is 16.0. The van der Waals surface area contributed by atoms with Gasteiger partial charge in [-0.3, -0.25) is 0 Å². The molecule has 1 radical (unpaired) electrons. The third-order valence-electron chi connectivity index (χ3n) is 8.14. The second-order valence-corrected chi connectivity index (χ2v) is 24.0. The number of nitrogens with zero attached hydrogens (tertiary/aromatic N) is 2. The molecule has 1 aliphatic rings. The summed E-state index contributed by atoms with van der Waals surface area (Å²) in [5.41, 5.74) is 5.82. The van der Waals surface area contributed by atoms with Crippen LogP contribution in [0.25, 0.3) is 53.8 Å². The summed E-state index contributed by atoms with van der Waals surface area (Å²) in [7, 11) is 0. The van der Waals surface area contributed by atoms with Crippen molar-refractivity contribution >= 4 is 49.2 Å². The second kappa shape index (κ2) is 14.3. The molecule has 0 unspecified atom stereocenters. The summed E-state index contributed by atoms with van der Waals surface area (Å²) in [6, 6.07) is 37.1. The first kappa shape index (κ1) is 28.5. The number of pyridine rings is 2. The Hall–Kier alpha value is -3.48. The van der Waals surface area contributed by atoms with Gasteiger partial charge in [-0.15, -0.1) is 23.8 Å². The second-order valence-electron chi connectivity index (χ2n) is 12.3. The number of rotatable bonds is 4. The van der Waals surface area contributed by atoms with E-state index in [0.717, 1.165) is 42.6 Å². The molecule has 0 aliphatic heterocycles. The van der Waals surface area contributed by atoms with Gasteiger partial charge in [-0.25, -0.2) is 0 Å². The number of fused-ring (bicyclic) bond motifs is 4. The van der Waals surface area contributed by atoms with Crippen LogP contribution in [0.15, 0.2) is 109 Å². The number of aryl methyl sites for hydroxylation is 1. The zero-order chi connectivity index (χ0) is 35.3. The quantitative estimate of drug-likeness (QED) is 0.130. The van der Waals surface area contributed by atoms with Gasteiger partial charge in [0, 0.05) is 36.5 Å². The van der Waals surface area contributed by atoms with Crippen LogP contribution >= 0.6 is 11.3 Å². The summed E-state index contributed by atoms with van der Waals surface area (Å²) in [5, 5.41) is 2.23. The standard InChI is InChI=1S/C27H20NS.C14H15FGeN.Ir/c1-2-7-18(8-3-1)20-13-14-22-23-11-6-12-24(27(23)29-25(22)17-20)26-21-10-5-4-9-19(21)15-16-28-26;1-16(2,3)13-7-8-14(17-10-13)11-5-4-6-12(15)9-11;/h1-3,6-8,11,13-17H,4-5,9-10H2;4,6-10H,1-3H3;/q2*-1;/i9D2,10D2;;. The zero-order valence-electron chi connectivity index (χ0n) is 30.3. The number of hydrogen-bond acceptors (Lipinski definition) is 3. The van der Waals surface area contributed by atoms with Gasteiger partial charge >= 0.3 is 104 Å². The Balaban J connectivity index is 0.000000211. The van der Waals surface area contributed by atoms with Crippen LogP contribution in [-0.4, -0.2) is 23.2 Å². The van der Waals surface area contributed by atoms with E-state index in [9.17, 15) is 4.39 Å². The van der Waals surface area contributed by atoms with E-state index in [0.29, 0.717) is 22.4 Å². The summed E-state index contributed by atoms with van der Waals surface area (Å²) >= 11 is -0.148. The van der Waals surface area contributed by atoms with Gasteiger partial charge < -0.3 is 4.98 Å². The predicted octanol–water partition coefficient (Wildman–Crippen LogP) is 10.7. The van der Waals surface area contributed by atoms with Crippen molar-refractivity contribution in [2.24, 2.45) is 0 Å². The summed E-state index contributed by atoms with van der Waals surface area (Å²) in [5.74, 6) is 6.72. The molecule has 0 fully saturated rings. The van der Waals surface area contributed by atoms with Crippen LogP contribution in [0.3, 0.4) is 0 Å². The molecule has 6 heteroatoms. The third kappa shape index (κ3) is 7.19. The van der Waals surface area contributed by atoms with E-state index >= 15 is 0 Å². The van der Waals surface area contributed by atoms with Crippen molar-refractivity contribution in [2.75, 3.05) is 0 Å². The molecule has 3 heterocycles. The Morgan fingerprint density at radius 1 is 0.809 bits per heavy atom. The molecule has 0 atom stereocenters. The first-order chi connectivity index (χ1) is 23.8. The minimum atomic E-state index is -1.80. The maximum atomic E-state index is 13.1. The van der Waals surface area contributed by atoms with Gasteiger partial charge in [-0.2, -0.15) is 11.3 Å². The minimum absolute atomic E-state index is 0. The smallest absolute Gasteiger partial charge is 0 e. The molecule has 0 saturated heterocycles. The van der Waals surface area contributed by atoms with Crippen molar-refractivity contribution < 1.29 is 30.0 Å². The van der Waals surface area contributed by atoms with Crippen LogP contribution in [0.2, 0.25) is 17.3 Å². The molecular weight excluding hydrogens is 836 g/mol. The summed E-state index contributed by atoms with van der Waals surface area (Å²) in [4.78, 5) is 8.98. The van der Waals surface area contributed by atoms with Gasteiger partial charge in [0.1, 0.15) is 0 Å². The van der Waals surface area contributed by atoms with Crippen molar-refractivity contribution in [3.05, 3.63) is 139 Å². The monoisotopic (exact) mass is 877 g/mol. The van der Waals surface area contributed by atoms with Crippen LogP contribution in [-0.2, 0) is 32.9 Å². The molecule has 0 bridgehead atoms. The maximum Gasteiger partial charge on any atom is 0 e. The summed E-state index contributed by atoms with van der Waals surface area (Å²) < 4.78 is 50.8. The van der Waals surface area contributed by atoms with Crippen molar-refractivity contribution in [1.82, 2.24) is 9.97 Å². The van der Waals surface area contributed by atoms with Crippen molar-refractivity contribution in [1.29, 1.82) is 0 Å². The van der Waals surface area contributed by atoms with Crippen molar-refractivity contribution in [2.45, 2.75) is 42.9 Å². The van der Waals surface area contributed by atoms with Crippen molar-refractivity contribution in [3.63, 3.8) is 0 Å². The van der Waals surface area contributed by atoms with Gasteiger partial charge in [-0.05, 0) is 64.6 Å². The van der Waals surface area contributed by atoms with Gasteiger partial charge in [0.25, 0.3) is 0 Å². The van der Waals surface area contributed by atoms with E-state index in [2.05, 4.69) is 75.8 Å². The van der Waals surface area contributed by atoms with Crippen LogP contribution < -0.4 is 4.40 Å². The first-order valence-electron chi connectivity index (χ1n) is 17.4. The molecule has 7 aromatic rings. The fourth-order valence-electron chi connectivity index (χ4n) is 5.67. The van der Waals surface area contributed by atoms with Gasteiger partial charge in [0.05, 0.1) is 0 Å². The molecule has 8 rings (SSSR count). The van der Waals surface area contributed by atoms with Crippen LogP contribution in [0.1, 0.15) is 29.5 Å². The van der Waals surface area contributed by atoms with Gasteiger partial charge in [-0.1, -0.05) is 59.0 Å². The zero-order valence-corrected chi connectivity index (χ0v) is 31.6. The molecule has 3 aromatic heterocycles. The van der Waals surface area contributed by atoms with E-state index in [1.54, 1.807) is 29.7 Å². The van der Waals surface area contributed by atoms with E-state index in [-0.39, 0.29) is 38.8 Å². The third-order valence-corrected chi connectivity index (χ3v) is 13.6. The molecular formula is C41H35FGeIrN2S-2. The van der Waals surface area contributed by atoms with Crippen LogP contribution in [0.5, 0.6) is 0 Å². The molecule has 0 saturated carbocycles. The fourth-order valence-corrected chi connectivity index (χ4v) is 9.08. The topological polar surface area (TPSA) is 25.8 Å². The van der Waals surface area contributed by atoms with Crippen molar-refractivity contribution in [3.8, 4) is 33.6 Å². The Bertz CT molecular complexity index is 2340. The van der Waals surface area contributed by atoms with Crippen LogP contribution in [0, 0.1) is 17.9 Å². The molecule has 2 nitrogen and oxygen atoms in total. The number of hydrogen-bond donors (Lipinski definition) is 0. The van der Waals surface area contributed by atoms with Crippen LogP contribution in [0.4, 0.5) is 4.39 Å². The average Bonchev–Trinajstić information content (AvgIpc) is 3.49. The van der Waals surface area contributed by atoms with E-state index in [1.165, 1.54) is 16.5 Å². The van der Waals surface area contributed by atoms with E-state index < -0.39 is 26.0 Å². The Labute approximate surface area is 302 Å². The fraction of sp³-hybridized carbons (Fsp3) is 0.171. The minimum Gasteiger partial charge on any atom is 0 e. The molecule has 0 spiro atoms. The molecule has 4 aromatic carbocycles. The molecule has 1 aliphatic carbocycles. The average molecular weight is 876 g/mol. The number of thiophene rings is 1. The Kier molecular flexibility index (Phi) is 8.70.